The molecule has 1 heterocycles. The van der Waals surface area contributed by atoms with Gasteiger partial charge in [-0.2, -0.15) is 4.98 Å². The van der Waals surface area contributed by atoms with Gasteiger partial charge in [0.1, 0.15) is 5.82 Å². The van der Waals surface area contributed by atoms with Crippen molar-refractivity contribution >= 4 is 10.0 Å². The second-order valence-electron chi connectivity index (χ2n) is 8.29. The average molecular weight is 465 g/mol. The molecule has 2 aliphatic carbocycles. The summed E-state index contributed by atoms with van der Waals surface area (Å²) in [5.41, 5.74) is -0.769. The molecule has 3 N–H and O–H groups in total. The lowest BCUT2D eigenvalue weighted by Crippen LogP contribution is -2.29. The highest BCUT2D eigenvalue weighted by molar-refractivity contribution is 7.89. The maximum Gasteiger partial charge on any atom is 0.350 e. The molecule has 2 unspecified atom stereocenters. The van der Waals surface area contributed by atoms with Gasteiger partial charge in [-0.1, -0.05) is 18.2 Å². The number of nitrogens with one attached hydrogen (secondary N) is 3. The third-order valence-corrected chi connectivity index (χ3v) is 7.32. The van der Waals surface area contributed by atoms with E-state index >= 15 is 0 Å². The summed E-state index contributed by atoms with van der Waals surface area (Å²) >= 11 is 0. The van der Waals surface area contributed by atoms with Crippen LogP contribution in [0, 0.1) is 23.6 Å². The van der Waals surface area contributed by atoms with Gasteiger partial charge in [-0.3, -0.25) is 9.97 Å². The van der Waals surface area contributed by atoms with Crippen LogP contribution in [0.4, 0.5) is 4.39 Å². The minimum atomic E-state index is -3.59. The van der Waals surface area contributed by atoms with Crippen molar-refractivity contribution in [2.45, 2.75) is 32.2 Å². The van der Waals surface area contributed by atoms with E-state index in [2.05, 4.69) is 14.7 Å². The van der Waals surface area contributed by atoms with Crippen molar-refractivity contribution < 1.29 is 17.5 Å². The number of nitrogens with zero attached hydrogens (tertiary/aromatic N) is 1. The van der Waals surface area contributed by atoms with Crippen LogP contribution in [-0.2, 0) is 16.4 Å². The Morgan fingerprint density at radius 3 is 2.75 bits per heavy atom. The summed E-state index contributed by atoms with van der Waals surface area (Å²) in [6.45, 7) is 2.19. The van der Waals surface area contributed by atoms with Crippen molar-refractivity contribution in [3.05, 3.63) is 68.5 Å². The van der Waals surface area contributed by atoms with Crippen molar-refractivity contribution in [3.63, 3.8) is 0 Å². The van der Waals surface area contributed by atoms with Crippen LogP contribution in [0.25, 0.3) is 0 Å². The van der Waals surface area contributed by atoms with E-state index < -0.39 is 33.3 Å². The average Bonchev–Trinajstić information content (AvgIpc) is 3.60. The molecule has 0 spiro atoms. The standard InChI is InChI=1S/C21H25FN4O5S/c1-12(13-6-7-17(22)18(9-13)31-11-16-14-10-15(14)16)26-32(29,30)8-4-2-3-5-19-23-20(27)25-21(28)24-19/h2-3,6-7,9,12,14-16,26H,4-5,8,10-11H2,1H3,(H2,23,24,25,27,28)/b3-2+/t12-,14?,15?,16?/m1/s1. The molecule has 1 aromatic carbocycles. The molecule has 2 saturated carbocycles. The molecular weight excluding hydrogens is 439 g/mol. The zero-order chi connectivity index (χ0) is 22.9. The number of fused-ring (bicyclic) bond motifs is 1. The molecule has 0 amide bonds. The fourth-order valence-electron chi connectivity index (χ4n) is 3.71. The van der Waals surface area contributed by atoms with Crippen molar-refractivity contribution in [1.29, 1.82) is 0 Å². The topological polar surface area (TPSA) is 134 Å². The first-order chi connectivity index (χ1) is 15.2. The number of benzene rings is 1. The van der Waals surface area contributed by atoms with E-state index in [4.69, 9.17) is 4.74 Å². The van der Waals surface area contributed by atoms with Gasteiger partial charge in [0, 0.05) is 12.5 Å². The normalized spacial score (nSPS) is 22.5. The summed E-state index contributed by atoms with van der Waals surface area (Å²) in [4.78, 5) is 30.3. The minimum Gasteiger partial charge on any atom is -0.490 e. The largest absolute Gasteiger partial charge is 0.490 e. The van der Waals surface area contributed by atoms with Crippen LogP contribution in [0.15, 0.2) is 39.9 Å². The van der Waals surface area contributed by atoms with Crippen molar-refractivity contribution in [1.82, 2.24) is 19.7 Å². The van der Waals surface area contributed by atoms with Crippen LogP contribution in [-0.4, -0.2) is 35.7 Å². The quantitative estimate of drug-likeness (QED) is 0.431. The van der Waals surface area contributed by atoms with Gasteiger partial charge >= 0.3 is 11.4 Å². The Labute approximate surface area is 184 Å². The first kappa shape index (κ1) is 22.4. The number of allylic oxidation sites excluding steroid dienone is 2. The van der Waals surface area contributed by atoms with Crippen LogP contribution in [0.3, 0.4) is 0 Å². The summed E-state index contributed by atoms with van der Waals surface area (Å²) in [7, 11) is -3.59. The number of hydrogen-bond acceptors (Lipinski definition) is 6. The van der Waals surface area contributed by atoms with Gasteiger partial charge in [0.15, 0.2) is 11.6 Å². The first-order valence-electron chi connectivity index (χ1n) is 10.5. The van der Waals surface area contributed by atoms with Gasteiger partial charge in [0.2, 0.25) is 10.0 Å². The Kier molecular flexibility index (Phi) is 6.29. The molecule has 3 atom stereocenters. The van der Waals surface area contributed by atoms with Gasteiger partial charge in [-0.15, -0.1) is 0 Å². The lowest BCUT2D eigenvalue weighted by atomic mass is 10.1. The smallest absolute Gasteiger partial charge is 0.350 e. The third kappa shape index (κ3) is 5.71. The molecule has 4 rings (SSSR count). The monoisotopic (exact) mass is 464 g/mol. The molecule has 2 aromatic rings. The zero-order valence-electron chi connectivity index (χ0n) is 17.5. The fraction of sp³-hybridized carbons (Fsp3) is 0.476. The number of halogens is 1. The van der Waals surface area contributed by atoms with Gasteiger partial charge < -0.3 is 4.74 Å². The molecule has 172 valence electrons. The second-order valence-corrected chi connectivity index (χ2v) is 10.2. The Morgan fingerprint density at radius 1 is 1.28 bits per heavy atom. The van der Waals surface area contributed by atoms with Crippen LogP contribution in [0.5, 0.6) is 5.75 Å². The zero-order valence-corrected chi connectivity index (χ0v) is 18.3. The van der Waals surface area contributed by atoms with Crippen LogP contribution >= 0.6 is 0 Å². The van der Waals surface area contributed by atoms with Crippen LogP contribution in [0.2, 0.25) is 0 Å². The number of rotatable bonds is 11. The molecular formula is C21H25FN4O5S. The molecule has 0 bridgehead atoms. The van der Waals surface area contributed by atoms with Crippen molar-refractivity contribution in [2.75, 3.05) is 12.4 Å². The van der Waals surface area contributed by atoms with E-state index in [1.54, 1.807) is 31.2 Å². The van der Waals surface area contributed by atoms with Crippen LogP contribution in [0.1, 0.15) is 37.2 Å². The first-order valence-corrected chi connectivity index (χ1v) is 12.1. The molecule has 1 aromatic heterocycles. The Bertz CT molecular complexity index is 1200. The van der Waals surface area contributed by atoms with Gasteiger partial charge in [-0.25, -0.2) is 27.1 Å². The summed E-state index contributed by atoms with van der Waals surface area (Å²) in [6, 6.07) is 3.83. The van der Waals surface area contributed by atoms with E-state index in [-0.39, 0.29) is 30.2 Å². The predicted octanol–water partition coefficient (Wildman–Crippen LogP) is 1.41. The summed E-state index contributed by atoms with van der Waals surface area (Å²) in [5.74, 6) is 1.79. The lowest BCUT2D eigenvalue weighted by Gasteiger charge is -2.16. The van der Waals surface area contributed by atoms with E-state index in [1.807, 2.05) is 4.98 Å². The molecule has 32 heavy (non-hydrogen) atoms. The summed E-state index contributed by atoms with van der Waals surface area (Å²) in [5, 5.41) is 0. The molecule has 11 heteroatoms. The van der Waals surface area contributed by atoms with E-state index in [1.165, 1.54) is 12.5 Å². The number of H-pyrrole nitrogens is 2. The SMILES string of the molecule is C[C@@H](NS(=O)(=O)CC/C=C/Cc1nc(=O)[nH]c(=O)[nH]1)c1ccc(F)c(OCC2C3CC23)c1. The van der Waals surface area contributed by atoms with Gasteiger partial charge in [0.25, 0.3) is 0 Å². The van der Waals surface area contributed by atoms with Gasteiger partial charge in [0.05, 0.1) is 12.4 Å². The highest BCUT2D eigenvalue weighted by atomic mass is 32.2. The Morgan fingerprint density at radius 2 is 2.06 bits per heavy atom. The number of sulfonamides is 1. The van der Waals surface area contributed by atoms with Crippen molar-refractivity contribution in [2.24, 2.45) is 17.8 Å². The molecule has 0 radical (unpaired) electrons. The van der Waals surface area contributed by atoms with Crippen LogP contribution < -0.4 is 20.8 Å². The summed E-state index contributed by atoms with van der Waals surface area (Å²) in [6.07, 6.45) is 4.95. The highest BCUT2D eigenvalue weighted by Gasteiger charge is 2.64. The number of ether oxygens (including phenoxy) is 1. The van der Waals surface area contributed by atoms with E-state index in [0.717, 1.165) is 11.8 Å². The second kappa shape index (κ2) is 8.99. The van der Waals surface area contributed by atoms with E-state index in [0.29, 0.717) is 18.1 Å². The molecule has 0 saturated heterocycles. The molecule has 2 fully saturated rings. The minimum absolute atomic E-state index is 0.147. The fourth-order valence-corrected chi connectivity index (χ4v) is 4.95. The maximum absolute atomic E-state index is 14.0. The maximum atomic E-state index is 14.0. The molecule has 2 aliphatic rings. The summed E-state index contributed by atoms with van der Waals surface area (Å²) < 4.78 is 47.0. The number of aromatic amines is 2. The number of hydrogen-bond donors (Lipinski definition) is 3. The van der Waals surface area contributed by atoms with Crippen molar-refractivity contribution in [3.8, 4) is 5.75 Å². The van der Waals surface area contributed by atoms with Gasteiger partial charge in [-0.05, 0) is 55.2 Å². The molecule has 9 nitrogen and oxygen atoms in total. The van der Waals surface area contributed by atoms with E-state index in [9.17, 15) is 22.4 Å². The lowest BCUT2D eigenvalue weighted by molar-refractivity contribution is 0.260. The number of aromatic nitrogens is 3. The molecule has 0 aliphatic heterocycles. The highest BCUT2D eigenvalue weighted by Crippen LogP contribution is 2.68. The third-order valence-electron chi connectivity index (χ3n) is 5.84. The predicted molar refractivity (Wildman–Crippen MR) is 115 cm³/mol. The Balaban J connectivity index is 1.26. The Hall–Kier alpha value is -2.79.